The Morgan fingerprint density at radius 3 is 2.73 bits per heavy atom. The maximum Gasteiger partial charge on any atom is 0.414 e. The smallest absolute Gasteiger partial charge is 0.414 e. The van der Waals surface area contributed by atoms with Crippen LogP contribution in [0.25, 0.3) is 0 Å². The molecular weight excluding hydrogens is 345 g/mol. The molecule has 0 aliphatic carbocycles. The lowest BCUT2D eigenvalue weighted by Crippen LogP contribution is -2.47. The SMILES string of the molecule is CC(=O)NC[C@H]1COC(=O)N1c1ccc(C2CN(CC(=O)O)C2)c(F)c1. The molecule has 2 N–H and O–H groups in total. The van der Waals surface area contributed by atoms with Crippen molar-refractivity contribution in [2.45, 2.75) is 18.9 Å². The molecule has 1 aromatic carbocycles. The zero-order chi connectivity index (χ0) is 18.8. The van der Waals surface area contributed by atoms with Gasteiger partial charge in [0.2, 0.25) is 5.91 Å². The summed E-state index contributed by atoms with van der Waals surface area (Å²) in [7, 11) is 0. The van der Waals surface area contributed by atoms with Crippen molar-refractivity contribution in [2.75, 3.05) is 37.7 Å². The minimum Gasteiger partial charge on any atom is -0.480 e. The average Bonchev–Trinajstić information content (AvgIpc) is 2.89. The van der Waals surface area contributed by atoms with Crippen molar-refractivity contribution in [2.24, 2.45) is 0 Å². The number of ether oxygens (including phenoxy) is 1. The van der Waals surface area contributed by atoms with E-state index in [4.69, 9.17) is 9.84 Å². The van der Waals surface area contributed by atoms with Gasteiger partial charge in [-0.25, -0.2) is 9.18 Å². The summed E-state index contributed by atoms with van der Waals surface area (Å²) < 4.78 is 19.6. The molecule has 2 aliphatic rings. The fourth-order valence-electron chi connectivity index (χ4n) is 3.27. The van der Waals surface area contributed by atoms with E-state index in [1.165, 1.54) is 17.9 Å². The van der Waals surface area contributed by atoms with Crippen molar-refractivity contribution < 1.29 is 28.6 Å². The highest BCUT2D eigenvalue weighted by Crippen LogP contribution is 2.32. The number of halogens is 1. The van der Waals surface area contributed by atoms with Crippen molar-refractivity contribution in [3.05, 3.63) is 29.6 Å². The third-order valence-corrected chi connectivity index (χ3v) is 4.57. The van der Waals surface area contributed by atoms with Crippen LogP contribution in [-0.4, -0.2) is 66.8 Å². The molecule has 3 rings (SSSR count). The van der Waals surface area contributed by atoms with Crippen molar-refractivity contribution >= 4 is 23.7 Å². The van der Waals surface area contributed by atoms with Crippen LogP contribution in [0, 0.1) is 5.82 Å². The first kappa shape index (κ1) is 18.1. The Hall–Kier alpha value is -2.68. The molecule has 2 amide bonds. The van der Waals surface area contributed by atoms with Crippen LogP contribution in [0.5, 0.6) is 0 Å². The Morgan fingerprint density at radius 2 is 2.12 bits per heavy atom. The molecule has 0 spiro atoms. The fraction of sp³-hybridized carbons (Fsp3) is 0.471. The standard InChI is InChI=1S/C17H20FN3O5/c1-10(22)19-5-13-9-26-17(25)21(13)12-2-3-14(15(18)4-12)11-6-20(7-11)8-16(23)24/h2-4,11,13H,5-9H2,1H3,(H,19,22)(H,23,24)/t13-/m0/s1. The van der Waals surface area contributed by atoms with Gasteiger partial charge in [-0.3, -0.25) is 19.4 Å². The van der Waals surface area contributed by atoms with E-state index in [1.807, 2.05) is 0 Å². The molecule has 2 fully saturated rings. The number of rotatable bonds is 6. The molecule has 1 aromatic rings. The number of cyclic esters (lactones) is 1. The lowest BCUT2D eigenvalue weighted by molar-refractivity contribution is -0.139. The minimum absolute atomic E-state index is 0.0549. The van der Waals surface area contributed by atoms with Gasteiger partial charge in [-0.2, -0.15) is 0 Å². The monoisotopic (exact) mass is 365 g/mol. The van der Waals surface area contributed by atoms with Gasteiger partial charge in [-0.1, -0.05) is 6.07 Å². The number of carbonyl (C=O) groups excluding carboxylic acids is 2. The summed E-state index contributed by atoms with van der Waals surface area (Å²) in [5.74, 6) is -1.64. The summed E-state index contributed by atoms with van der Waals surface area (Å²) in [6.45, 7) is 2.63. The van der Waals surface area contributed by atoms with Gasteiger partial charge >= 0.3 is 12.1 Å². The Kier molecular flexibility index (Phi) is 5.08. The second kappa shape index (κ2) is 7.28. The molecule has 140 valence electrons. The van der Waals surface area contributed by atoms with Crippen LogP contribution in [0.4, 0.5) is 14.9 Å². The average molecular weight is 365 g/mol. The Bertz CT molecular complexity index is 735. The fourth-order valence-corrected chi connectivity index (χ4v) is 3.27. The van der Waals surface area contributed by atoms with Gasteiger partial charge < -0.3 is 15.2 Å². The third kappa shape index (κ3) is 3.77. The Labute approximate surface area is 149 Å². The second-order valence-electron chi connectivity index (χ2n) is 6.53. The van der Waals surface area contributed by atoms with E-state index < -0.39 is 23.9 Å². The first-order valence-corrected chi connectivity index (χ1v) is 8.29. The largest absolute Gasteiger partial charge is 0.480 e. The zero-order valence-corrected chi connectivity index (χ0v) is 14.3. The molecule has 2 saturated heterocycles. The van der Waals surface area contributed by atoms with E-state index in [2.05, 4.69) is 5.32 Å². The quantitative estimate of drug-likeness (QED) is 0.773. The number of benzene rings is 1. The number of aliphatic carboxylic acids is 1. The van der Waals surface area contributed by atoms with Crippen molar-refractivity contribution in [3.8, 4) is 0 Å². The number of nitrogens with one attached hydrogen (secondary N) is 1. The van der Waals surface area contributed by atoms with E-state index >= 15 is 0 Å². The molecule has 0 saturated carbocycles. The van der Waals surface area contributed by atoms with Crippen LogP contribution in [0.2, 0.25) is 0 Å². The van der Waals surface area contributed by atoms with Gasteiger partial charge in [-0.05, 0) is 17.7 Å². The van der Waals surface area contributed by atoms with Crippen LogP contribution >= 0.6 is 0 Å². The Morgan fingerprint density at radius 1 is 1.38 bits per heavy atom. The van der Waals surface area contributed by atoms with E-state index in [1.54, 1.807) is 17.0 Å². The minimum atomic E-state index is -0.906. The van der Waals surface area contributed by atoms with Gasteiger partial charge in [0.25, 0.3) is 0 Å². The highest BCUT2D eigenvalue weighted by atomic mass is 19.1. The summed E-state index contributed by atoms with van der Waals surface area (Å²) in [6.07, 6.45) is -0.580. The highest BCUT2D eigenvalue weighted by molar-refractivity contribution is 5.90. The van der Waals surface area contributed by atoms with E-state index in [9.17, 15) is 18.8 Å². The second-order valence-corrected chi connectivity index (χ2v) is 6.53. The molecule has 0 unspecified atom stereocenters. The summed E-state index contributed by atoms with van der Waals surface area (Å²) in [4.78, 5) is 36.8. The van der Waals surface area contributed by atoms with Crippen LogP contribution in [0.1, 0.15) is 18.4 Å². The number of hydrogen-bond donors (Lipinski definition) is 2. The predicted octanol–water partition coefficient (Wildman–Crippen LogP) is 0.771. The number of anilines is 1. The van der Waals surface area contributed by atoms with Gasteiger partial charge in [0.05, 0.1) is 18.3 Å². The van der Waals surface area contributed by atoms with Crippen molar-refractivity contribution in [3.63, 3.8) is 0 Å². The molecule has 1 atom stereocenters. The number of carboxylic acids is 1. The lowest BCUT2D eigenvalue weighted by atomic mass is 9.90. The maximum atomic E-state index is 14.5. The first-order valence-electron chi connectivity index (χ1n) is 8.29. The maximum absolute atomic E-state index is 14.5. The molecule has 2 heterocycles. The molecule has 2 aliphatic heterocycles. The van der Waals surface area contributed by atoms with E-state index in [-0.39, 0.29) is 31.5 Å². The topological polar surface area (TPSA) is 99.2 Å². The number of carboxylic acid groups (broad SMARTS) is 1. The predicted molar refractivity (Wildman–Crippen MR) is 89.5 cm³/mol. The molecule has 0 aromatic heterocycles. The lowest BCUT2D eigenvalue weighted by Gasteiger charge is -2.38. The van der Waals surface area contributed by atoms with Gasteiger partial charge in [0, 0.05) is 32.5 Å². The third-order valence-electron chi connectivity index (χ3n) is 4.57. The summed E-state index contributed by atoms with van der Waals surface area (Å²) in [5.41, 5.74) is 0.868. The van der Waals surface area contributed by atoms with E-state index in [0.717, 1.165) is 0 Å². The zero-order valence-electron chi connectivity index (χ0n) is 14.3. The van der Waals surface area contributed by atoms with Gasteiger partial charge in [0.15, 0.2) is 0 Å². The van der Waals surface area contributed by atoms with Crippen molar-refractivity contribution in [1.82, 2.24) is 10.2 Å². The van der Waals surface area contributed by atoms with Gasteiger partial charge in [-0.15, -0.1) is 0 Å². The van der Waals surface area contributed by atoms with Crippen molar-refractivity contribution in [1.29, 1.82) is 0 Å². The molecule has 8 nitrogen and oxygen atoms in total. The Balaban J connectivity index is 1.69. The van der Waals surface area contributed by atoms with E-state index in [0.29, 0.717) is 24.3 Å². The number of amides is 2. The summed E-state index contributed by atoms with van der Waals surface area (Å²) >= 11 is 0. The van der Waals surface area contributed by atoms with Crippen LogP contribution in [0.15, 0.2) is 18.2 Å². The number of carbonyl (C=O) groups is 3. The first-order chi connectivity index (χ1) is 12.3. The van der Waals surface area contributed by atoms with Crippen LogP contribution < -0.4 is 10.2 Å². The number of likely N-dealkylation sites (tertiary alicyclic amines) is 1. The number of nitrogens with zero attached hydrogens (tertiary/aromatic N) is 2. The molecule has 9 heteroatoms. The molecule has 0 radical (unpaired) electrons. The highest BCUT2D eigenvalue weighted by Gasteiger charge is 2.36. The van der Waals surface area contributed by atoms with Gasteiger partial charge in [0.1, 0.15) is 12.4 Å². The molecular formula is C17H20FN3O5. The normalized spacial score (nSPS) is 20.6. The molecule has 26 heavy (non-hydrogen) atoms. The summed E-state index contributed by atoms with van der Waals surface area (Å²) in [5, 5.41) is 11.4. The molecule has 0 bridgehead atoms. The van der Waals surface area contributed by atoms with Crippen LogP contribution in [-0.2, 0) is 14.3 Å². The summed E-state index contributed by atoms with van der Waals surface area (Å²) in [6, 6.07) is 4.15. The van der Waals surface area contributed by atoms with Crippen LogP contribution in [0.3, 0.4) is 0 Å². The number of hydrogen-bond acceptors (Lipinski definition) is 5.